The van der Waals surface area contributed by atoms with Gasteiger partial charge >= 0.3 is 6.18 Å². The van der Waals surface area contributed by atoms with Crippen molar-refractivity contribution in [3.8, 4) is 17.0 Å². The highest BCUT2D eigenvalue weighted by atomic mass is 19.4. The summed E-state index contributed by atoms with van der Waals surface area (Å²) in [5, 5.41) is 4.40. The Morgan fingerprint density at radius 2 is 1.80 bits per heavy atom. The van der Waals surface area contributed by atoms with E-state index in [4.69, 9.17) is 4.74 Å². The van der Waals surface area contributed by atoms with Crippen LogP contribution in [0.1, 0.15) is 59.6 Å². The van der Waals surface area contributed by atoms with E-state index >= 15 is 0 Å². The van der Waals surface area contributed by atoms with Crippen molar-refractivity contribution < 1.29 is 36.3 Å². The molecule has 0 fully saturated rings. The third kappa shape index (κ3) is 6.61. The number of amides is 1. The van der Waals surface area contributed by atoms with Crippen LogP contribution in [0.25, 0.3) is 11.3 Å². The molecular weight excluding hydrogens is 587 g/mol. The molecular formula is C31H33F5N4O4. The van der Waals surface area contributed by atoms with Gasteiger partial charge in [0.15, 0.2) is 5.78 Å². The Bertz CT molecular complexity index is 1650. The van der Waals surface area contributed by atoms with Crippen LogP contribution in [-0.2, 0) is 24.7 Å². The highest BCUT2D eigenvalue weighted by Gasteiger charge is 2.38. The smallest absolute Gasteiger partial charge is 0.408 e. The number of carbonyl (C=O) groups excluding carboxylic acids is 2. The number of carbonyl (C=O) groups is 2. The predicted octanol–water partition coefficient (Wildman–Crippen LogP) is 5.35. The molecule has 1 aliphatic heterocycles. The lowest BCUT2D eigenvalue weighted by Crippen LogP contribution is -2.42. The van der Waals surface area contributed by atoms with Crippen molar-refractivity contribution in [2.24, 2.45) is 7.05 Å². The van der Waals surface area contributed by atoms with Gasteiger partial charge in [0.2, 0.25) is 0 Å². The van der Waals surface area contributed by atoms with Crippen LogP contribution in [-0.4, -0.2) is 46.1 Å². The van der Waals surface area contributed by atoms with Gasteiger partial charge in [-0.15, -0.1) is 0 Å². The summed E-state index contributed by atoms with van der Waals surface area (Å²) in [6, 6.07) is 1.33. The number of halogens is 5. The molecule has 2 aromatic carbocycles. The normalized spacial score (nSPS) is 14.3. The van der Waals surface area contributed by atoms with Crippen molar-refractivity contribution in [3.63, 3.8) is 0 Å². The van der Waals surface area contributed by atoms with Crippen molar-refractivity contribution in [1.29, 1.82) is 0 Å². The number of hydrogen-bond acceptors (Lipinski definition) is 6. The second kappa shape index (κ2) is 12.7. The molecule has 13 heteroatoms. The molecule has 0 aliphatic carbocycles. The van der Waals surface area contributed by atoms with Gasteiger partial charge in [-0.2, -0.15) is 13.2 Å². The molecule has 2 atom stereocenters. The number of rotatable bonds is 9. The van der Waals surface area contributed by atoms with Gasteiger partial charge < -0.3 is 19.9 Å². The zero-order chi connectivity index (χ0) is 32.5. The monoisotopic (exact) mass is 620 g/mol. The molecule has 1 aliphatic rings. The van der Waals surface area contributed by atoms with Crippen LogP contribution in [0, 0.1) is 25.5 Å². The van der Waals surface area contributed by atoms with Gasteiger partial charge in [0.1, 0.15) is 34.7 Å². The van der Waals surface area contributed by atoms with Crippen molar-refractivity contribution >= 4 is 17.4 Å². The van der Waals surface area contributed by atoms with Gasteiger partial charge in [0.25, 0.3) is 11.5 Å². The maximum absolute atomic E-state index is 14.9. The van der Waals surface area contributed by atoms with Crippen LogP contribution in [0.3, 0.4) is 0 Å². The summed E-state index contributed by atoms with van der Waals surface area (Å²) in [6.45, 7) is 6.46. The van der Waals surface area contributed by atoms with E-state index in [1.54, 1.807) is 33.0 Å². The van der Waals surface area contributed by atoms with Gasteiger partial charge in [0, 0.05) is 30.4 Å². The molecule has 44 heavy (non-hydrogen) atoms. The summed E-state index contributed by atoms with van der Waals surface area (Å²) in [5.74, 6) is -4.06. The molecule has 3 aromatic rings. The Morgan fingerprint density at radius 1 is 1.14 bits per heavy atom. The number of Topliss-reactive ketones (excluding diaryl/α,β-unsaturated/α-hetero) is 1. The molecule has 2 N–H and O–H groups in total. The van der Waals surface area contributed by atoms with Gasteiger partial charge in [-0.1, -0.05) is 13.0 Å². The van der Waals surface area contributed by atoms with Crippen LogP contribution < -0.4 is 20.9 Å². The quantitative estimate of drug-likeness (QED) is 0.313. The number of anilines is 1. The van der Waals surface area contributed by atoms with E-state index in [1.807, 2.05) is 5.32 Å². The van der Waals surface area contributed by atoms with Crippen LogP contribution in [0.2, 0.25) is 0 Å². The van der Waals surface area contributed by atoms with E-state index in [-0.39, 0.29) is 24.1 Å². The number of benzene rings is 2. The van der Waals surface area contributed by atoms with E-state index in [0.717, 1.165) is 11.3 Å². The van der Waals surface area contributed by atoms with Crippen LogP contribution in [0.5, 0.6) is 5.75 Å². The summed E-state index contributed by atoms with van der Waals surface area (Å²) in [6.07, 6.45) is -3.87. The van der Waals surface area contributed by atoms with E-state index < -0.39 is 52.8 Å². The third-order valence-electron chi connectivity index (χ3n) is 7.88. The summed E-state index contributed by atoms with van der Waals surface area (Å²) in [4.78, 5) is 43.1. The van der Waals surface area contributed by atoms with E-state index in [2.05, 4.69) is 10.3 Å². The Morgan fingerprint density at radius 3 is 2.39 bits per heavy atom. The highest BCUT2D eigenvalue weighted by Crippen LogP contribution is 2.37. The first kappa shape index (κ1) is 32.6. The number of nitrogens with zero attached hydrogens (tertiary/aromatic N) is 2. The number of ether oxygens (including phenoxy) is 1. The average molecular weight is 621 g/mol. The van der Waals surface area contributed by atoms with Gasteiger partial charge in [-0.3, -0.25) is 14.4 Å². The van der Waals surface area contributed by atoms with Crippen molar-refractivity contribution in [2.45, 2.75) is 71.6 Å². The SMILES string of the molecule is CC[C@@H](Nc1cc(F)c(C(=O)N[C@@H](Cc2ccc(-c3nc(C)c(C)n(C)c3=O)c3c2CCCO3)C(C)=O)c(F)c1)C(F)(F)F. The number of ketones is 1. The number of fused-ring (bicyclic) bond motifs is 1. The van der Waals surface area contributed by atoms with Crippen LogP contribution >= 0.6 is 0 Å². The first-order valence-electron chi connectivity index (χ1n) is 14.1. The van der Waals surface area contributed by atoms with Crippen molar-refractivity contribution in [1.82, 2.24) is 14.9 Å². The number of nitrogens with one attached hydrogen (secondary N) is 2. The number of aromatic nitrogens is 2. The van der Waals surface area contributed by atoms with Crippen molar-refractivity contribution in [2.75, 3.05) is 11.9 Å². The summed E-state index contributed by atoms with van der Waals surface area (Å²) < 4.78 is 76.6. The average Bonchev–Trinajstić information content (AvgIpc) is 2.95. The topological polar surface area (TPSA) is 102 Å². The Labute approximate surface area is 250 Å². The second-order valence-electron chi connectivity index (χ2n) is 10.8. The zero-order valence-electron chi connectivity index (χ0n) is 24.9. The molecule has 2 heterocycles. The number of hydrogen-bond donors (Lipinski definition) is 2. The van der Waals surface area contributed by atoms with Gasteiger partial charge in [-0.25, -0.2) is 13.8 Å². The predicted molar refractivity (Wildman–Crippen MR) is 154 cm³/mol. The number of alkyl halides is 3. The lowest BCUT2D eigenvalue weighted by Gasteiger charge is -2.25. The molecule has 0 saturated heterocycles. The fraction of sp³-hybridized carbons (Fsp3) is 0.419. The number of aryl methyl sites for hydroxylation is 1. The molecule has 0 spiro atoms. The van der Waals surface area contributed by atoms with Gasteiger partial charge in [-0.05, 0) is 69.4 Å². The molecule has 236 valence electrons. The minimum absolute atomic E-state index is 0.0436. The molecule has 1 amide bonds. The highest BCUT2D eigenvalue weighted by molar-refractivity contribution is 5.98. The zero-order valence-corrected chi connectivity index (χ0v) is 24.9. The fourth-order valence-electron chi connectivity index (χ4n) is 5.17. The lowest BCUT2D eigenvalue weighted by atomic mass is 9.91. The molecule has 0 radical (unpaired) electrons. The van der Waals surface area contributed by atoms with E-state index in [9.17, 15) is 36.3 Å². The minimum Gasteiger partial charge on any atom is -0.493 e. The van der Waals surface area contributed by atoms with Crippen molar-refractivity contribution in [3.05, 3.63) is 74.3 Å². The lowest BCUT2D eigenvalue weighted by molar-refractivity contribution is -0.142. The summed E-state index contributed by atoms with van der Waals surface area (Å²) in [5.41, 5.74) is 1.62. The Balaban J connectivity index is 1.63. The maximum Gasteiger partial charge on any atom is 0.408 e. The molecule has 0 saturated carbocycles. The Kier molecular flexibility index (Phi) is 9.45. The molecule has 0 bridgehead atoms. The largest absolute Gasteiger partial charge is 0.493 e. The minimum atomic E-state index is -4.65. The standard InChI is InChI=1S/C31H33F5N4O4/c1-6-25(31(34,35)36)38-19-13-22(32)26(23(33)14-19)29(42)39-24(17(4)41)12-18-9-10-21(28-20(18)8-7-11-44-28)27-30(43)40(5)16(3)15(2)37-27/h9-10,13-14,24-25,38H,6-8,11-12H2,1-5H3,(H,39,42)/t24-,25+/m0/s1. The first-order chi connectivity index (χ1) is 20.6. The maximum atomic E-state index is 14.9. The third-order valence-corrected chi connectivity index (χ3v) is 7.88. The second-order valence-corrected chi connectivity index (χ2v) is 10.8. The fourth-order valence-corrected chi connectivity index (χ4v) is 5.17. The summed E-state index contributed by atoms with van der Waals surface area (Å²) in [7, 11) is 1.65. The molecule has 1 aromatic heterocycles. The Hall–Kier alpha value is -4.29. The van der Waals surface area contributed by atoms with E-state index in [0.29, 0.717) is 54.2 Å². The molecule has 4 rings (SSSR count). The van der Waals surface area contributed by atoms with Crippen LogP contribution in [0.4, 0.5) is 27.6 Å². The molecule has 0 unspecified atom stereocenters. The van der Waals surface area contributed by atoms with Gasteiger partial charge in [0.05, 0.1) is 18.3 Å². The van der Waals surface area contributed by atoms with Crippen LogP contribution in [0.15, 0.2) is 29.1 Å². The first-order valence-corrected chi connectivity index (χ1v) is 14.1. The van der Waals surface area contributed by atoms with E-state index in [1.165, 1.54) is 18.4 Å². The summed E-state index contributed by atoms with van der Waals surface area (Å²) >= 11 is 0. The molecule has 8 nitrogen and oxygen atoms in total.